The van der Waals surface area contributed by atoms with Crippen molar-refractivity contribution in [2.24, 2.45) is 0 Å². The van der Waals surface area contributed by atoms with Gasteiger partial charge < -0.3 is 4.98 Å². The lowest BCUT2D eigenvalue weighted by Gasteiger charge is -2.22. The number of nitrogens with one attached hydrogen (secondary N) is 1. The van der Waals surface area contributed by atoms with Crippen LogP contribution >= 0.6 is 22.7 Å². The second kappa shape index (κ2) is 6.48. The summed E-state index contributed by atoms with van der Waals surface area (Å²) in [6, 6.07) is 4.66. The van der Waals surface area contributed by atoms with Gasteiger partial charge >= 0.3 is 0 Å². The van der Waals surface area contributed by atoms with Crippen LogP contribution in [0.5, 0.6) is 0 Å². The molecule has 25 heavy (non-hydrogen) atoms. The first-order chi connectivity index (χ1) is 12.0. The van der Waals surface area contributed by atoms with E-state index in [9.17, 15) is 9.59 Å². The molecule has 0 amide bonds. The highest BCUT2D eigenvalue weighted by molar-refractivity contribution is 7.20. The van der Waals surface area contributed by atoms with Crippen molar-refractivity contribution in [2.45, 2.75) is 39.3 Å². The number of rotatable bonds is 4. The van der Waals surface area contributed by atoms with Gasteiger partial charge in [0.2, 0.25) is 0 Å². The molecule has 1 atom stereocenters. The van der Waals surface area contributed by atoms with Crippen molar-refractivity contribution in [3.63, 3.8) is 0 Å². The summed E-state index contributed by atoms with van der Waals surface area (Å²) in [5.41, 5.74) is 0.596. The summed E-state index contributed by atoms with van der Waals surface area (Å²) < 4.78 is 0. The van der Waals surface area contributed by atoms with E-state index in [1.54, 1.807) is 11.3 Å². The Labute approximate surface area is 153 Å². The fraction of sp³-hybridized carbons (Fsp3) is 0.389. The van der Waals surface area contributed by atoms with E-state index in [-0.39, 0.29) is 11.3 Å². The predicted octanol–water partition coefficient (Wildman–Crippen LogP) is 3.89. The lowest BCUT2D eigenvalue weighted by Crippen LogP contribution is -2.25. The van der Waals surface area contributed by atoms with Crippen LogP contribution in [0.4, 0.5) is 0 Å². The Bertz CT molecular complexity index is 988. The zero-order chi connectivity index (χ0) is 17.6. The number of aromatic nitrogens is 2. The van der Waals surface area contributed by atoms with E-state index in [1.807, 2.05) is 6.92 Å². The van der Waals surface area contributed by atoms with Gasteiger partial charge in [0.15, 0.2) is 5.78 Å². The minimum absolute atomic E-state index is 0.0150. The molecule has 0 unspecified atom stereocenters. The lowest BCUT2D eigenvalue weighted by atomic mass is 10.2. The summed E-state index contributed by atoms with van der Waals surface area (Å²) in [5.74, 6) is 0.663. The normalized spacial score (nSPS) is 18.2. The summed E-state index contributed by atoms with van der Waals surface area (Å²) in [6.45, 7) is 4.98. The van der Waals surface area contributed by atoms with Gasteiger partial charge in [-0.05, 0) is 50.2 Å². The molecular formula is C18H19N3O2S2. The molecule has 1 saturated heterocycles. The van der Waals surface area contributed by atoms with E-state index < -0.39 is 0 Å². The summed E-state index contributed by atoms with van der Waals surface area (Å²) in [4.78, 5) is 36.9. The van der Waals surface area contributed by atoms with E-state index >= 15 is 0 Å². The second-order valence-electron chi connectivity index (χ2n) is 6.45. The number of carbonyl (C=O) groups is 1. The predicted molar refractivity (Wildman–Crippen MR) is 102 cm³/mol. The van der Waals surface area contributed by atoms with Crippen LogP contribution in [0.2, 0.25) is 0 Å². The van der Waals surface area contributed by atoms with Crippen LogP contribution in [0.15, 0.2) is 22.3 Å². The van der Waals surface area contributed by atoms with Crippen molar-refractivity contribution < 1.29 is 4.79 Å². The average Bonchev–Trinajstić information content (AvgIpc) is 3.26. The monoisotopic (exact) mass is 373 g/mol. The summed E-state index contributed by atoms with van der Waals surface area (Å²) in [7, 11) is 0. The molecule has 1 N–H and O–H groups in total. The number of carbonyl (C=O) groups excluding carboxylic acids is 1. The third-order valence-corrected chi connectivity index (χ3v) is 7.02. The van der Waals surface area contributed by atoms with Crippen molar-refractivity contribution in [1.29, 1.82) is 0 Å². The molecule has 0 radical (unpaired) electrons. The lowest BCUT2D eigenvalue weighted by molar-refractivity contribution is 0.102. The summed E-state index contributed by atoms with van der Waals surface area (Å²) in [6.07, 6.45) is 2.29. The van der Waals surface area contributed by atoms with Crippen LogP contribution < -0.4 is 5.56 Å². The maximum Gasteiger partial charge on any atom is 0.259 e. The van der Waals surface area contributed by atoms with Gasteiger partial charge in [0.1, 0.15) is 10.7 Å². The number of H-pyrrole nitrogens is 1. The van der Waals surface area contributed by atoms with E-state index in [4.69, 9.17) is 0 Å². The molecule has 1 fully saturated rings. The molecule has 0 saturated carbocycles. The van der Waals surface area contributed by atoms with Gasteiger partial charge in [0.05, 0.1) is 16.8 Å². The topological polar surface area (TPSA) is 66.1 Å². The van der Waals surface area contributed by atoms with Gasteiger partial charge in [-0.2, -0.15) is 0 Å². The van der Waals surface area contributed by atoms with Gasteiger partial charge in [0, 0.05) is 10.9 Å². The molecule has 0 bridgehead atoms. The van der Waals surface area contributed by atoms with Gasteiger partial charge in [-0.3, -0.25) is 14.5 Å². The first-order valence-electron chi connectivity index (χ1n) is 8.35. The summed E-state index contributed by atoms with van der Waals surface area (Å²) >= 11 is 3.10. The van der Waals surface area contributed by atoms with Gasteiger partial charge in [-0.1, -0.05) is 6.07 Å². The largest absolute Gasteiger partial charge is 0.309 e. The molecule has 0 aliphatic carbocycles. The van der Waals surface area contributed by atoms with Crippen LogP contribution in [0, 0.1) is 6.92 Å². The van der Waals surface area contributed by atoms with E-state index in [0.717, 1.165) is 24.9 Å². The Morgan fingerprint density at radius 1 is 1.48 bits per heavy atom. The Balaban J connectivity index is 1.68. The van der Waals surface area contributed by atoms with Gasteiger partial charge in [-0.15, -0.1) is 22.7 Å². The van der Waals surface area contributed by atoms with Gasteiger partial charge in [-0.25, -0.2) is 4.98 Å². The quantitative estimate of drug-likeness (QED) is 0.705. The molecule has 0 spiro atoms. The van der Waals surface area contributed by atoms with Crippen LogP contribution in [0.1, 0.15) is 51.7 Å². The number of hydrogen-bond acceptors (Lipinski definition) is 6. The molecule has 4 heterocycles. The zero-order valence-corrected chi connectivity index (χ0v) is 15.8. The molecule has 0 aromatic carbocycles. The maximum atomic E-state index is 12.5. The Hall–Kier alpha value is -1.83. The molecule has 130 valence electrons. The molecule has 5 nitrogen and oxygen atoms in total. The van der Waals surface area contributed by atoms with E-state index in [1.165, 1.54) is 23.1 Å². The van der Waals surface area contributed by atoms with E-state index in [0.29, 0.717) is 33.5 Å². The molecule has 3 aromatic rings. The number of aromatic amines is 1. The maximum absolute atomic E-state index is 12.5. The van der Waals surface area contributed by atoms with Crippen LogP contribution in [0.3, 0.4) is 0 Å². The number of likely N-dealkylation sites (tertiary alicyclic amines) is 1. The Morgan fingerprint density at radius 2 is 2.32 bits per heavy atom. The number of Topliss-reactive ketones (excluding diaryl/α,β-unsaturated/α-hetero) is 1. The number of thiophene rings is 2. The van der Waals surface area contributed by atoms with Crippen molar-refractivity contribution in [1.82, 2.24) is 14.9 Å². The average molecular weight is 374 g/mol. The molecular weight excluding hydrogens is 354 g/mol. The fourth-order valence-electron chi connectivity index (χ4n) is 3.61. The highest BCUT2D eigenvalue weighted by atomic mass is 32.1. The number of hydrogen-bond donors (Lipinski definition) is 1. The van der Waals surface area contributed by atoms with Crippen molar-refractivity contribution in [2.75, 3.05) is 6.54 Å². The minimum atomic E-state index is -0.145. The Kier molecular flexibility index (Phi) is 4.31. The molecule has 1 aliphatic rings. The fourth-order valence-corrected chi connectivity index (χ4v) is 5.60. The number of nitrogens with zero attached hydrogens (tertiary/aromatic N) is 2. The smallest absolute Gasteiger partial charge is 0.259 e. The summed E-state index contributed by atoms with van der Waals surface area (Å²) in [5, 5.41) is 2.66. The zero-order valence-electron chi connectivity index (χ0n) is 14.2. The highest BCUT2D eigenvalue weighted by Gasteiger charge is 2.27. The number of ketones is 1. The van der Waals surface area contributed by atoms with Crippen LogP contribution in [-0.2, 0) is 6.54 Å². The standard InChI is InChI=1S/C18H19N3O2S2/c1-10-15-17(23)19-14(20-18(15)25-16(10)11(2)22)9-21-7-3-5-12(21)13-6-4-8-24-13/h4,6,8,12H,3,5,7,9H2,1-2H3,(H,19,20,23)/t12-/m0/s1. The molecule has 7 heteroatoms. The number of aryl methyl sites for hydroxylation is 1. The third-order valence-electron chi connectivity index (χ3n) is 4.76. The second-order valence-corrected chi connectivity index (χ2v) is 8.43. The van der Waals surface area contributed by atoms with Crippen LogP contribution in [-0.4, -0.2) is 27.2 Å². The van der Waals surface area contributed by atoms with Gasteiger partial charge in [0.25, 0.3) is 5.56 Å². The molecule has 3 aromatic heterocycles. The SMILES string of the molecule is CC(=O)c1sc2nc(CN3CCC[C@H]3c3cccs3)[nH]c(=O)c2c1C. The van der Waals surface area contributed by atoms with Crippen LogP contribution in [0.25, 0.3) is 10.2 Å². The van der Waals surface area contributed by atoms with Crippen molar-refractivity contribution in [3.05, 3.63) is 49.0 Å². The minimum Gasteiger partial charge on any atom is -0.309 e. The molecule has 1 aliphatic heterocycles. The van der Waals surface area contributed by atoms with Crippen molar-refractivity contribution >= 4 is 38.7 Å². The van der Waals surface area contributed by atoms with E-state index in [2.05, 4.69) is 32.4 Å². The van der Waals surface area contributed by atoms with Crippen molar-refractivity contribution in [3.8, 4) is 0 Å². The first-order valence-corrected chi connectivity index (χ1v) is 10.0. The molecule has 4 rings (SSSR count). The first kappa shape index (κ1) is 16.6. The Morgan fingerprint density at radius 3 is 3.04 bits per heavy atom. The number of fused-ring (bicyclic) bond motifs is 1. The third kappa shape index (κ3) is 2.96. The highest BCUT2D eigenvalue weighted by Crippen LogP contribution is 2.35.